The lowest BCUT2D eigenvalue weighted by molar-refractivity contribution is 0.130. The molecule has 2 aliphatic heterocycles. The highest BCUT2D eigenvalue weighted by Crippen LogP contribution is 2.24. The molecule has 10 nitrogen and oxygen atoms in total. The Labute approximate surface area is 204 Å². The fourth-order valence-corrected chi connectivity index (χ4v) is 5.97. The summed E-state index contributed by atoms with van der Waals surface area (Å²) in [4.78, 5) is 9.09. The average molecular weight is 493 g/mol. The molecule has 35 heavy (non-hydrogen) atoms. The SMILES string of the molecule is CN1CC(n2cc(Nc3nc4cccc(-c5ccc(CN6CCS(=O)(=O)CC6)cc5)n4n3)cn2)C1. The Morgan fingerprint density at radius 1 is 1.06 bits per heavy atom. The minimum absolute atomic E-state index is 0.245. The molecule has 3 aromatic heterocycles. The molecule has 0 amide bonds. The van der Waals surface area contributed by atoms with E-state index >= 15 is 0 Å². The molecule has 0 saturated carbocycles. The van der Waals surface area contributed by atoms with Crippen molar-refractivity contribution >= 4 is 27.1 Å². The number of likely N-dealkylation sites (N-methyl/N-ethyl adjacent to an activating group) is 1. The van der Waals surface area contributed by atoms with Crippen molar-refractivity contribution in [2.45, 2.75) is 12.6 Å². The van der Waals surface area contributed by atoms with Gasteiger partial charge in [-0.05, 0) is 24.7 Å². The van der Waals surface area contributed by atoms with E-state index in [2.05, 4.69) is 56.5 Å². The minimum Gasteiger partial charge on any atom is -0.320 e. The molecule has 6 rings (SSSR count). The first-order valence-electron chi connectivity index (χ1n) is 11.8. The van der Waals surface area contributed by atoms with Gasteiger partial charge in [0.1, 0.15) is 0 Å². The van der Waals surface area contributed by atoms with Gasteiger partial charge in [-0.15, -0.1) is 5.10 Å². The summed E-state index contributed by atoms with van der Waals surface area (Å²) in [5.74, 6) is 1.02. The van der Waals surface area contributed by atoms with Crippen molar-refractivity contribution in [1.29, 1.82) is 0 Å². The molecule has 0 unspecified atom stereocenters. The van der Waals surface area contributed by atoms with E-state index in [0.29, 0.717) is 25.1 Å². The van der Waals surface area contributed by atoms with Crippen LogP contribution in [0.1, 0.15) is 11.6 Å². The maximum absolute atomic E-state index is 11.7. The fraction of sp³-hybridized carbons (Fsp3) is 0.375. The van der Waals surface area contributed by atoms with E-state index in [1.165, 1.54) is 0 Å². The van der Waals surface area contributed by atoms with E-state index in [0.717, 1.165) is 47.8 Å². The van der Waals surface area contributed by atoms with E-state index < -0.39 is 9.84 Å². The van der Waals surface area contributed by atoms with Crippen molar-refractivity contribution in [1.82, 2.24) is 34.2 Å². The average Bonchev–Trinajstić information content (AvgIpc) is 3.45. The number of aromatic nitrogens is 5. The standard InChI is InChI=1S/C24H28N8O2S/c1-29-16-21(17-29)31-15-20(13-25-31)26-24-27-23-4-2-3-22(32(23)28-24)19-7-5-18(6-8-19)14-30-9-11-35(33,34)12-10-30/h2-8,13,15,21H,9-12,14,16-17H2,1H3,(H,26,28). The number of benzene rings is 1. The third-order valence-electron chi connectivity index (χ3n) is 6.73. The molecule has 0 radical (unpaired) electrons. The van der Waals surface area contributed by atoms with Gasteiger partial charge in [0.05, 0.1) is 35.1 Å². The third-order valence-corrected chi connectivity index (χ3v) is 8.34. The van der Waals surface area contributed by atoms with Crippen LogP contribution in [-0.2, 0) is 16.4 Å². The summed E-state index contributed by atoms with van der Waals surface area (Å²) in [5.41, 5.74) is 4.78. The summed E-state index contributed by atoms with van der Waals surface area (Å²) in [6, 6.07) is 14.7. The highest BCUT2D eigenvalue weighted by Gasteiger charge is 2.25. The minimum atomic E-state index is -2.86. The molecule has 2 fully saturated rings. The molecule has 4 aromatic rings. The smallest absolute Gasteiger partial charge is 0.247 e. The van der Waals surface area contributed by atoms with Crippen LogP contribution in [0.25, 0.3) is 16.9 Å². The first-order valence-corrected chi connectivity index (χ1v) is 13.6. The fourth-order valence-electron chi connectivity index (χ4n) is 4.69. The lowest BCUT2D eigenvalue weighted by Gasteiger charge is -2.35. The van der Waals surface area contributed by atoms with Gasteiger partial charge >= 0.3 is 0 Å². The quantitative estimate of drug-likeness (QED) is 0.437. The lowest BCUT2D eigenvalue weighted by atomic mass is 10.1. The van der Waals surface area contributed by atoms with Crippen LogP contribution in [0.3, 0.4) is 0 Å². The molecule has 1 N–H and O–H groups in total. The largest absolute Gasteiger partial charge is 0.320 e. The molecule has 0 bridgehead atoms. The van der Waals surface area contributed by atoms with Gasteiger partial charge < -0.3 is 10.2 Å². The summed E-state index contributed by atoms with van der Waals surface area (Å²) in [6.07, 6.45) is 3.81. The highest BCUT2D eigenvalue weighted by molar-refractivity contribution is 7.91. The van der Waals surface area contributed by atoms with Gasteiger partial charge in [0.25, 0.3) is 0 Å². The Bertz CT molecular complexity index is 1440. The zero-order valence-corrected chi connectivity index (χ0v) is 20.4. The van der Waals surface area contributed by atoms with Gasteiger partial charge in [-0.1, -0.05) is 30.3 Å². The summed E-state index contributed by atoms with van der Waals surface area (Å²) in [5, 5.41) is 12.5. The Kier molecular flexibility index (Phi) is 5.54. The topological polar surface area (TPSA) is 101 Å². The molecule has 0 atom stereocenters. The zero-order chi connectivity index (χ0) is 24.0. The number of rotatable bonds is 6. The third kappa shape index (κ3) is 4.66. The molecule has 11 heteroatoms. The summed E-state index contributed by atoms with van der Waals surface area (Å²) < 4.78 is 27.2. The maximum Gasteiger partial charge on any atom is 0.247 e. The number of likely N-dealkylation sites (tertiary alicyclic amines) is 1. The van der Waals surface area contributed by atoms with Gasteiger partial charge in [-0.2, -0.15) is 10.1 Å². The summed E-state index contributed by atoms with van der Waals surface area (Å²) >= 11 is 0. The van der Waals surface area contributed by atoms with E-state index in [4.69, 9.17) is 5.10 Å². The van der Waals surface area contributed by atoms with E-state index in [9.17, 15) is 8.42 Å². The monoisotopic (exact) mass is 492 g/mol. The van der Waals surface area contributed by atoms with E-state index in [1.807, 2.05) is 33.6 Å². The van der Waals surface area contributed by atoms with Crippen LogP contribution < -0.4 is 5.32 Å². The Morgan fingerprint density at radius 2 is 1.83 bits per heavy atom. The number of hydrogen-bond acceptors (Lipinski definition) is 8. The predicted molar refractivity (Wildman–Crippen MR) is 134 cm³/mol. The summed E-state index contributed by atoms with van der Waals surface area (Å²) in [6.45, 7) is 3.96. The molecule has 2 aliphatic rings. The van der Waals surface area contributed by atoms with Crippen molar-refractivity contribution in [3.05, 3.63) is 60.4 Å². The molecular weight excluding hydrogens is 464 g/mol. The number of nitrogens with one attached hydrogen (secondary N) is 1. The van der Waals surface area contributed by atoms with Gasteiger partial charge in [0, 0.05) is 44.5 Å². The van der Waals surface area contributed by atoms with E-state index in [1.54, 1.807) is 6.20 Å². The second-order valence-electron chi connectivity index (χ2n) is 9.45. The van der Waals surface area contributed by atoms with Crippen LogP contribution in [0.4, 0.5) is 11.6 Å². The van der Waals surface area contributed by atoms with Crippen LogP contribution in [-0.4, -0.2) is 87.3 Å². The molecule has 0 spiro atoms. The number of pyridine rings is 1. The number of hydrogen-bond donors (Lipinski definition) is 1. The maximum atomic E-state index is 11.7. The lowest BCUT2D eigenvalue weighted by Crippen LogP contribution is -2.45. The molecule has 2 saturated heterocycles. The highest BCUT2D eigenvalue weighted by atomic mass is 32.2. The van der Waals surface area contributed by atoms with Gasteiger partial charge in [0.15, 0.2) is 15.5 Å². The Balaban J connectivity index is 1.17. The molecular formula is C24H28N8O2S. The number of nitrogens with zero attached hydrogens (tertiary/aromatic N) is 7. The number of fused-ring (bicyclic) bond motifs is 1. The number of sulfone groups is 1. The van der Waals surface area contributed by atoms with Crippen molar-refractivity contribution in [3.63, 3.8) is 0 Å². The van der Waals surface area contributed by atoms with Crippen LogP contribution in [0.2, 0.25) is 0 Å². The van der Waals surface area contributed by atoms with Crippen LogP contribution in [0.5, 0.6) is 0 Å². The zero-order valence-electron chi connectivity index (χ0n) is 19.6. The second-order valence-corrected chi connectivity index (χ2v) is 11.8. The Hall–Kier alpha value is -3.28. The van der Waals surface area contributed by atoms with Crippen molar-refractivity contribution < 1.29 is 8.42 Å². The molecule has 0 aliphatic carbocycles. The van der Waals surface area contributed by atoms with Crippen molar-refractivity contribution in [2.75, 3.05) is 50.0 Å². The summed E-state index contributed by atoms with van der Waals surface area (Å²) in [7, 11) is -0.757. The van der Waals surface area contributed by atoms with Crippen LogP contribution in [0.15, 0.2) is 54.9 Å². The van der Waals surface area contributed by atoms with Gasteiger partial charge in [-0.25, -0.2) is 12.9 Å². The Morgan fingerprint density at radius 3 is 2.57 bits per heavy atom. The molecule has 1 aromatic carbocycles. The van der Waals surface area contributed by atoms with Gasteiger partial charge in [0.2, 0.25) is 5.95 Å². The van der Waals surface area contributed by atoms with Gasteiger partial charge in [-0.3, -0.25) is 9.58 Å². The molecule has 5 heterocycles. The second kappa shape index (κ2) is 8.74. The van der Waals surface area contributed by atoms with Crippen molar-refractivity contribution in [2.24, 2.45) is 0 Å². The van der Waals surface area contributed by atoms with E-state index in [-0.39, 0.29) is 11.5 Å². The first kappa shape index (κ1) is 22.2. The van der Waals surface area contributed by atoms with Crippen molar-refractivity contribution in [3.8, 4) is 11.3 Å². The van der Waals surface area contributed by atoms with Crippen LogP contribution >= 0.6 is 0 Å². The predicted octanol–water partition coefficient (Wildman–Crippen LogP) is 2.05. The first-order chi connectivity index (χ1) is 16.9. The van der Waals surface area contributed by atoms with Crippen LogP contribution in [0, 0.1) is 0 Å². The normalized spacial score (nSPS) is 19.1. The number of anilines is 2. The molecule has 182 valence electrons.